The lowest BCUT2D eigenvalue weighted by Gasteiger charge is -2.05. The molecular formula is C11H10ClN3. The lowest BCUT2D eigenvalue weighted by atomic mass is 10.3. The molecular weight excluding hydrogens is 210 g/mol. The number of halogens is 1. The van der Waals surface area contributed by atoms with E-state index in [1.54, 1.807) is 12.3 Å². The molecule has 1 aromatic carbocycles. The summed E-state index contributed by atoms with van der Waals surface area (Å²) in [6.07, 6.45) is 1.60. The number of pyridine rings is 1. The van der Waals surface area contributed by atoms with Crippen molar-refractivity contribution in [3.05, 3.63) is 47.6 Å². The van der Waals surface area contributed by atoms with E-state index in [0.717, 1.165) is 17.2 Å². The van der Waals surface area contributed by atoms with Crippen molar-refractivity contribution < 1.29 is 0 Å². The third-order valence-electron chi connectivity index (χ3n) is 1.91. The Kier molecular flexibility index (Phi) is 2.74. The summed E-state index contributed by atoms with van der Waals surface area (Å²) in [4.78, 5) is 4.12. The molecule has 0 fully saturated rings. The summed E-state index contributed by atoms with van der Waals surface area (Å²) >= 11 is 5.73. The first-order valence-corrected chi connectivity index (χ1v) is 4.86. The summed E-state index contributed by atoms with van der Waals surface area (Å²) in [5, 5.41) is 3.76. The molecule has 3 nitrogen and oxygen atoms in total. The smallest absolute Gasteiger partial charge is 0.130 e. The highest BCUT2D eigenvalue weighted by molar-refractivity contribution is 6.30. The first-order chi connectivity index (χ1) is 7.24. The Morgan fingerprint density at radius 1 is 1.07 bits per heavy atom. The molecule has 0 saturated carbocycles. The zero-order chi connectivity index (χ0) is 10.7. The molecule has 2 rings (SSSR count). The fraction of sp³-hybridized carbons (Fsp3) is 0. The molecule has 0 atom stereocenters. The predicted molar refractivity (Wildman–Crippen MR) is 63.4 cm³/mol. The molecule has 0 radical (unpaired) electrons. The van der Waals surface area contributed by atoms with E-state index >= 15 is 0 Å². The van der Waals surface area contributed by atoms with Crippen molar-refractivity contribution in [3.63, 3.8) is 0 Å². The van der Waals surface area contributed by atoms with Crippen LogP contribution in [0.25, 0.3) is 0 Å². The molecule has 1 aromatic heterocycles. The molecule has 76 valence electrons. The van der Waals surface area contributed by atoms with Gasteiger partial charge >= 0.3 is 0 Å². The van der Waals surface area contributed by atoms with Gasteiger partial charge in [0.05, 0.1) is 5.02 Å². The number of benzene rings is 1. The topological polar surface area (TPSA) is 50.9 Å². The Morgan fingerprint density at radius 3 is 2.40 bits per heavy atom. The van der Waals surface area contributed by atoms with E-state index in [9.17, 15) is 0 Å². The van der Waals surface area contributed by atoms with Gasteiger partial charge in [-0.25, -0.2) is 4.98 Å². The van der Waals surface area contributed by atoms with Gasteiger partial charge < -0.3 is 11.1 Å². The van der Waals surface area contributed by atoms with Crippen LogP contribution < -0.4 is 11.1 Å². The van der Waals surface area contributed by atoms with Crippen molar-refractivity contribution in [2.24, 2.45) is 0 Å². The van der Waals surface area contributed by atoms with Crippen LogP contribution in [0.2, 0.25) is 5.02 Å². The van der Waals surface area contributed by atoms with Crippen LogP contribution in [0.1, 0.15) is 0 Å². The van der Waals surface area contributed by atoms with Gasteiger partial charge in [-0.2, -0.15) is 0 Å². The quantitative estimate of drug-likeness (QED) is 0.764. The molecule has 15 heavy (non-hydrogen) atoms. The molecule has 0 aliphatic heterocycles. The molecule has 0 aliphatic rings. The molecule has 4 heteroatoms. The van der Waals surface area contributed by atoms with E-state index < -0.39 is 0 Å². The number of anilines is 3. The zero-order valence-electron chi connectivity index (χ0n) is 7.94. The van der Waals surface area contributed by atoms with Gasteiger partial charge in [-0.3, -0.25) is 0 Å². The second kappa shape index (κ2) is 4.19. The second-order valence-electron chi connectivity index (χ2n) is 3.11. The number of nitrogens with two attached hydrogens (primary N) is 1. The Labute approximate surface area is 92.9 Å². The van der Waals surface area contributed by atoms with Crippen molar-refractivity contribution in [1.29, 1.82) is 0 Å². The fourth-order valence-corrected chi connectivity index (χ4v) is 1.28. The van der Waals surface area contributed by atoms with Crippen LogP contribution in [0, 0.1) is 0 Å². The third kappa shape index (κ3) is 2.60. The van der Waals surface area contributed by atoms with E-state index in [1.807, 2.05) is 30.3 Å². The highest BCUT2D eigenvalue weighted by Gasteiger charge is 1.95. The molecule has 2 aromatic rings. The van der Waals surface area contributed by atoms with Crippen molar-refractivity contribution in [1.82, 2.24) is 4.98 Å². The second-order valence-corrected chi connectivity index (χ2v) is 3.55. The SMILES string of the molecule is Nc1ccc(Nc2ccc(Cl)cn2)cc1. The molecule has 0 bridgehead atoms. The van der Waals surface area contributed by atoms with Gasteiger partial charge in [0.1, 0.15) is 5.82 Å². The standard InChI is InChI=1S/C11H10ClN3/c12-8-1-6-11(14-7-8)15-10-4-2-9(13)3-5-10/h1-7H,13H2,(H,14,15). The summed E-state index contributed by atoms with van der Waals surface area (Å²) in [6, 6.07) is 11.1. The summed E-state index contributed by atoms with van der Waals surface area (Å²) in [5.41, 5.74) is 7.26. The maximum absolute atomic E-state index is 5.73. The maximum Gasteiger partial charge on any atom is 0.130 e. The molecule has 0 aliphatic carbocycles. The number of nitrogen functional groups attached to an aromatic ring is 1. The Morgan fingerprint density at radius 2 is 1.80 bits per heavy atom. The minimum Gasteiger partial charge on any atom is -0.399 e. The number of nitrogens with zero attached hydrogens (tertiary/aromatic N) is 1. The van der Waals surface area contributed by atoms with Crippen LogP contribution >= 0.6 is 11.6 Å². The average Bonchev–Trinajstić information content (AvgIpc) is 2.25. The molecule has 0 spiro atoms. The van der Waals surface area contributed by atoms with E-state index in [1.165, 1.54) is 0 Å². The van der Waals surface area contributed by atoms with Crippen LogP contribution in [0.4, 0.5) is 17.2 Å². The minimum atomic E-state index is 0.623. The molecule has 1 heterocycles. The number of hydrogen-bond acceptors (Lipinski definition) is 3. The van der Waals surface area contributed by atoms with Gasteiger partial charge in [-0.1, -0.05) is 11.6 Å². The lowest BCUT2D eigenvalue weighted by molar-refractivity contribution is 1.31. The van der Waals surface area contributed by atoms with Gasteiger partial charge in [0.15, 0.2) is 0 Å². The first-order valence-electron chi connectivity index (χ1n) is 4.48. The van der Waals surface area contributed by atoms with Crippen LogP contribution in [-0.2, 0) is 0 Å². The van der Waals surface area contributed by atoms with Crippen LogP contribution in [0.3, 0.4) is 0 Å². The Bertz CT molecular complexity index is 393. The van der Waals surface area contributed by atoms with E-state index in [2.05, 4.69) is 10.3 Å². The zero-order valence-corrected chi connectivity index (χ0v) is 8.70. The van der Waals surface area contributed by atoms with Gasteiger partial charge in [-0.15, -0.1) is 0 Å². The summed E-state index contributed by atoms with van der Waals surface area (Å²) in [7, 11) is 0. The average molecular weight is 220 g/mol. The highest BCUT2D eigenvalue weighted by atomic mass is 35.5. The lowest BCUT2D eigenvalue weighted by Crippen LogP contribution is -1.93. The normalized spacial score (nSPS) is 9.93. The molecule has 0 saturated heterocycles. The van der Waals surface area contributed by atoms with Gasteiger partial charge in [0.2, 0.25) is 0 Å². The van der Waals surface area contributed by atoms with Crippen LogP contribution in [0.5, 0.6) is 0 Å². The van der Waals surface area contributed by atoms with Crippen molar-refractivity contribution >= 4 is 28.8 Å². The fourth-order valence-electron chi connectivity index (χ4n) is 1.16. The maximum atomic E-state index is 5.73. The van der Waals surface area contributed by atoms with Crippen molar-refractivity contribution in [3.8, 4) is 0 Å². The monoisotopic (exact) mass is 219 g/mol. The van der Waals surface area contributed by atoms with Gasteiger partial charge in [0, 0.05) is 17.6 Å². The first kappa shape index (κ1) is 9.80. The largest absolute Gasteiger partial charge is 0.399 e. The highest BCUT2D eigenvalue weighted by Crippen LogP contribution is 2.17. The predicted octanol–water partition coefficient (Wildman–Crippen LogP) is 3.06. The van der Waals surface area contributed by atoms with Crippen molar-refractivity contribution in [2.45, 2.75) is 0 Å². The van der Waals surface area contributed by atoms with Crippen molar-refractivity contribution in [2.75, 3.05) is 11.1 Å². The Hall–Kier alpha value is -1.74. The third-order valence-corrected chi connectivity index (χ3v) is 2.13. The van der Waals surface area contributed by atoms with Crippen LogP contribution in [0.15, 0.2) is 42.6 Å². The molecule has 0 amide bonds. The summed E-state index contributed by atoms with van der Waals surface area (Å²) < 4.78 is 0. The van der Waals surface area contributed by atoms with E-state index in [0.29, 0.717) is 5.02 Å². The van der Waals surface area contributed by atoms with E-state index in [4.69, 9.17) is 17.3 Å². The van der Waals surface area contributed by atoms with Gasteiger partial charge in [0.25, 0.3) is 0 Å². The molecule has 0 unspecified atom stereocenters. The minimum absolute atomic E-state index is 0.623. The number of rotatable bonds is 2. The summed E-state index contributed by atoms with van der Waals surface area (Å²) in [6.45, 7) is 0. The Balaban J connectivity index is 2.15. The summed E-state index contributed by atoms with van der Waals surface area (Å²) in [5.74, 6) is 0.754. The molecule has 3 N–H and O–H groups in total. The van der Waals surface area contributed by atoms with Gasteiger partial charge in [-0.05, 0) is 36.4 Å². The van der Waals surface area contributed by atoms with E-state index in [-0.39, 0.29) is 0 Å². The number of aromatic nitrogens is 1. The van der Waals surface area contributed by atoms with Crippen LogP contribution in [-0.4, -0.2) is 4.98 Å². The number of nitrogens with one attached hydrogen (secondary N) is 1. The number of hydrogen-bond donors (Lipinski definition) is 2.